The van der Waals surface area contributed by atoms with E-state index in [4.69, 9.17) is 0 Å². The van der Waals surface area contributed by atoms with E-state index in [0.29, 0.717) is 0 Å². The SMILES string of the molecule is C1CCNCC1.C1CNC1.CC.CC.CC. The van der Waals surface area contributed by atoms with Gasteiger partial charge in [-0.05, 0) is 45.4 Å². The van der Waals surface area contributed by atoms with Crippen LogP contribution in [0.2, 0.25) is 0 Å². The molecule has 0 aromatic carbocycles. The quantitative estimate of drug-likeness (QED) is 0.663. The molecule has 2 saturated heterocycles. The molecule has 0 aromatic heterocycles. The molecule has 102 valence electrons. The summed E-state index contributed by atoms with van der Waals surface area (Å²) in [6.07, 6.45) is 5.60. The molecule has 0 radical (unpaired) electrons. The normalized spacial score (nSPS) is 16.1. The maximum atomic E-state index is 3.28. The fourth-order valence-electron chi connectivity index (χ4n) is 0.979. The van der Waals surface area contributed by atoms with Gasteiger partial charge in [0.1, 0.15) is 0 Å². The Balaban J connectivity index is -0.000000149. The summed E-state index contributed by atoms with van der Waals surface area (Å²) in [5.74, 6) is 0. The van der Waals surface area contributed by atoms with Gasteiger partial charge in [0.05, 0.1) is 0 Å². The van der Waals surface area contributed by atoms with E-state index in [1.165, 1.54) is 51.9 Å². The highest BCUT2D eigenvalue weighted by Crippen LogP contribution is 1.96. The Morgan fingerprint density at radius 3 is 0.750 bits per heavy atom. The molecule has 0 aliphatic carbocycles. The van der Waals surface area contributed by atoms with E-state index in [1.807, 2.05) is 41.5 Å². The Kier molecular flexibility index (Phi) is 39.0. The highest BCUT2D eigenvalue weighted by atomic mass is 14.9. The van der Waals surface area contributed by atoms with Crippen LogP contribution in [0.1, 0.15) is 67.2 Å². The van der Waals surface area contributed by atoms with Crippen molar-refractivity contribution in [3.8, 4) is 0 Å². The van der Waals surface area contributed by atoms with Crippen molar-refractivity contribution in [2.24, 2.45) is 0 Å². The lowest BCUT2D eigenvalue weighted by Crippen LogP contribution is -2.29. The molecule has 0 unspecified atom stereocenters. The third-order valence-electron chi connectivity index (χ3n) is 1.91. The van der Waals surface area contributed by atoms with Gasteiger partial charge in [0, 0.05) is 0 Å². The molecule has 0 saturated carbocycles. The second kappa shape index (κ2) is 29.4. The van der Waals surface area contributed by atoms with Gasteiger partial charge in [-0.1, -0.05) is 48.0 Å². The molecular formula is C14H36N2. The molecule has 0 amide bonds. The molecule has 2 rings (SSSR count). The summed E-state index contributed by atoms with van der Waals surface area (Å²) < 4.78 is 0. The van der Waals surface area contributed by atoms with E-state index in [2.05, 4.69) is 10.6 Å². The first-order valence-electron chi connectivity index (χ1n) is 7.41. The zero-order chi connectivity index (χ0) is 13.1. The van der Waals surface area contributed by atoms with Crippen molar-refractivity contribution in [1.29, 1.82) is 0 Å². The van der Waals surface area contributed by atoms with Gasteiger partial charge in [0.15, 0.2) is 0 Å². The van der Waals surface area contributed by atoms with Gasteiger partial charge >= 0.3 is 0 Å². The van der Waals surface area contributed by atoms with E-state index < -0.39 is 0 Å². The average Bonchev–Trinajstić information content (AvgIpc) is 2.37. The molecule has 2 nitrogen and oxygen atoms in total. The van der Waals surface area contributed by atoms with Gasteiger partial charge < -0.3 is 10.6 Å². The molecule has 2 heterocycles. The molecule has 2 N–H and O–H groups in total. The molecule has 0 aromatic rings. The summed E-state index contributed by atoms with van der Waals surface area (Å²) >= 11 is 0. The van der Waals surface area contributed by atoms with E-state index in [-0.39, 0.29) is 0 Å². The number of piperidine rings is 1. The van der Waals surface area contributed by atoms with Crippen LogP contribution in [0.5, 0.6) is 0 Å². The van der Waals surface area contributed by atoms with Crippen LogP contribution in [0.4, 0.5) is 0 Å². The summed E-state index contributed by atoms with van der Waals surface area (Å²) in [6.45, 7) is 17.0. The van der Waals surface area contributed by atoms with Crippen molar-refractivity contribution in [3.63, 3.8) is 0 Å². The molecule has 0 atom stereocenters. The molecular weight excluding hydrogens is 196 g/mol. The Hall–Kier alpha value is -0.0800. The smallest absolute Gasteiger partial charge is 0.00368 e. The standard InChI is InChI=1S/C5H11N.C3H7N.3C2H6/c1-2-4-6-5-3-1;1-2-4-3-1;3*1-2/h6H,1-5H2;4H,1-3H2;3*1-2H3. The first-order valence-corrected chi connectivity index (χ1v) is 7.41. The van der Waals surface area contributed by atoms with Crippen molar-refractivity contribution >= 4 is 0 Å². The Bertz CT molecular complexity index is 51.6. The van der Waals surface area contributed by atoms with E-state index >= 15 is 0 Å². The highest BCUT2D eigenvalue weighted by Gasteiger charge is 1.93. The fourth-order valence-corrected chi connectivity index (χ4v) is 0.979. The Labute approximate surface area is 105 Å². The van der Waals surface area contributed by atoms with Crippen LogP contribution in [0.3, 0.4) is 0 Å². The number of rotatable bonds is 0. The van der Waals surface area contributed by atoms with E-state index in [0.717, 1.165) is 0 Å². The van der Waals surface area contributed by atoms with Crippen LogP contribution >= 0.6 is 0 Å². The third kappa shape index (κ3) is 23.6. The predicted molar refractivity (Wildman–Crippen MR) is 78.3 cm³/mol. The first kappa shape index (κ1) is 21.2. The summed E-state index contributed by atoms with van der Waals surface area (Å²) in [4.78, 5) is 0. The maximum Gasteiger partial charge on any atom is -0.00368 e. The average molecular weight is 232 g/mol. The van der Waals surface area contributed by atoms with Crippen molar-refractivity contribution in [2.75, 3.05) is 26.2 Å². The summed E-state index contributed by atoms with van der Waals surface area (Å²) in [7, 11) is 0. The highest BCUT2D eigenvalue weighted by molar-refractivity contribution is 4.56. The monoisotopic (exact) mass is 232 g/mol. The van der Waals surface area contributed by atoms with Gasteiger partial charge in [-0.25, -0.2) is 0 Å². The van der Waals surface area contributed by atoms with Gasteiger partial charge in [-0.2, -0.15) is 0 Å². The van der Waals surface area contributed by atoms with Crippen molar-refractivity contribution in [2.45, 2.75) is 67.2 Å². The molecule has 0 bridgehead atoms. The molecule has 2 fully saturated rings. The minimum absolute atomic E-state index is 1.25. The van der Waals surface area contributed by atoms with Crippen LogP contribution < -0.4 is 10.6 Å². The summed E-state index contributed by atoms with van der Waals surface area (Å²) in [5, 5.41) is 6.40. The minimum atomic E-state index is 1.25. The van der Waals surface area contributed by atoms with E-state index in [9.17, 15) is 0 Å². The van der Waals surface area contributed by atoms with Gasteiger partial charge in [-0.3, -0.25) is 0 Å². The van der Waals surface area contributed by atoms with Crippen molar-refractivity contribution < 1.29 is 0 Å². The molecule has 16 heavy (non-hydrogen) atoms. The van der Waals surface area contributed by atoms with Gasteiger partial charge in [0.25, 0.3) is 0 Å². The fraction of sp³-hybridized carbons (Fsp3) is 1.00. The van der Waals surface area contributed by atoms with Crippen LogP contribution in [0, 0.1) is 0 Å². The molecule has 2 aliphatic rings. The lowest BCUT2D eigenvalue weighted by atomic mass is 10.2. The predicted octanol–water partition coefficient (Wildman–Crippen LogP) is 3.82. The minimum Gasteiger partial charge on any atom is -0.317 e. The van der Waals surface area contributed by atoms with Crippen LogP contribution in [-0.2, 0) is 0 Å². The van der Waals surface area contributed by atoms with Crippen molar-refractivity contribution in [1.82, 2.24) is 10.6 Å². The lowest BCUT2D eigenvalue weighted by molar-refractivity contribution is 0.520. The summed E-state index contributed by atoms with van der Waals surface area (Å²) in [6, 6.07) is 0. The van der Waals surface area contributed by atoms with E-state index in [1.54, 1.807) is 0 Å². The topological polar surface area (TPSA) is 24.1 Å². The maximum absolute atomic E-state index is 3.28. The zero-order valence-electron chi connectivity index (χ0n) is 12.7. The first-order chi connectivity index (χ1) is 8.00. The molecule has 0 spiro atoms. The Morgan fingerprint density at radius 2 is 0.688 bits per heavy atom. The van der Waals surface area contributed by atoms with Crippen LogP contribution in [0.15, 0.2) is 0 Å². The second-order valence-electron chi connectivity index (χ2n) is 2.91. The number of hydrogen-bond donors (Lipinski definition) is 2. The number of hydrogen-bond acceptors (Lipinski definition) is 2. The van der Waals surface area contributed by atoms with Crippen LogP contribution in [0.25, 0.3) is 0 Å². The molecule has 2 aliphatic heterocycles. The largest absolute Gasteiger partial charge is 0.317 e. The third-order valence-corrected chi connectivity index (χ3v) is 1.91. The number of nitrogens with one attached hydrogen (secondary N) is 2. The van der Waals surface area contributed by atoms with Crippen LogP contribution in [-0.4, -0.2) is 26.2 Å². The Morgan fingerprint density at radius 1 is 0.438 bits per heavy atom. The van der Waals surface area contributed by atoms with Gasteiger partial charge in [-0.15, -0.1) is 0 Å². The summed E-state index contributed by atoms with van der Waals surface area (Å²) in [5.41, 5.74) is 0. The molecule has 2 heteroatoms. The zero-order valence-corrected chi connectivity index (χ0v) is 12.7. The lowest BCUT2D eigenvalue weighted by Gasteiger charge is -2.09. The second-order valence-corrected chi connectivity index (χ2v) is 2.91. The van der Waals surface area contributed by atoms with Crippen molar-refractivity contribution in [3.05, 3.63) is 0 Å². The van der Waals surface area contributed by atoms with Gasteiger partial charge in [0.2, 0.25) is 0 Å².